The first-order valence-electron chi connectivity index (χ1n) is 10.7. The molecule has 7 nitrogen and oxygen atoms in total. The van der Waals surface area contributed by atoms with Gasteiger partial charge in [-0.3, -0.25) is 14.5 Å². The number of nitrogens with zero attached hydrogens (tertiary/aromatic N) is 4. The van der Waals surface area contributed by atoms with E-state index in [1.807, 2.05) is 53.0 Å². The number of benzene rings is 2. The molecule has 0 spiro atoms. The number of carbonyl (C=O) groups excluding carboxylic acids is 1. The van der Waals surface area contributed by atoms with Crippen molar-refractivity contribution in [3.63, 3.8) is 0 Å². The smallest absolute Gasteiger partial charge is 0.475 e. The van der Waals surface area contributed by atoms with E-state index in [9.17, 15) is 18.0 Å². The summed E-state index contributed by atoms with van der Waals surface area (Å²) in [6, 6.07) is 20.2. The van der Waals surface area contributed by atoms with Crippen molar-refractivity contribution in [2.24, 2.45) is 7.05 Å². The van der Waals surface area contributed by atoms with Gasteiger partial charge in [-0.05, 0) is 29.8 Å². The zero-order valence-corrected chi connectivity index (χ0v) is 18.7. The highest BCUT2D eigenvalue weighted by molar-refractivity contribution is 6.00. The van der Waals surface area contributed by atoms with Gasteiger partial charge in [-0.1, -0.05) is 36.4 Å². The van der Waals surface area contributed by atoms with Crippen LogP contribution >= 0.6 is 0 Å². The van der Waals surface area contributed by atoms with E-state index in [-0.39, 0.29) is 5.91 Å². The quantitative estimate of drug-likeness (QED) is 0.464. The Morgan fingerprint density at radius 2 is 1.74 bits per heavy atom. The number of hydrogen-bond donors (Lipinski definition) is 1. The van der Waals surface area contributed by atoms with Crippen LogP contribution in [0.4, 0.5) is 13.2 Å². The van der Waals surface area contributed by atoms with Crippen molar-refractivity contribution >= 4 is 22.8 Å². The first-order chi connectivity index (χ1) is 16.6. The second-order valence-corrected chi connectivity index (χ2v) is 7.95. The monoisotopic (exact) mass is 482 g/mol. The molecule has 0 saturated carbocycles. The Kier molecular flexibility index (Phi) is 6.54. The van der Waals surface area contributed by atoms with Crippen LogP contribution in [0.1, 0.15) is 21.6 Å². The van der Waals surface area contributed by atoms with E-state index in [1.54, 1.807) is 6.20 Å². The molecule has 180 valence electrons. The van der Waals surface area contributed by atoms with Crippen LogP contribution in [0.25, 0.3) is 22.2 Å². The fourth-order valence-electron chi connectivity index (χ4n) is 3.95. The van der Waals surface area contributed by atoms with Gasteiger partial charge in [0.1, 0.15) is 0 Å². The maximum atomic E-state index is 12.9. The van der Waals surface area contributed by atoms with E-state index in [1.165, 1.54) is 0 Å². The number of aryl methyl sites for hydroxylation is 1. The third kappa shape index (κ3) is 5.16. The number of aliphatic carboxylic acids is 1. The zero-order valence-electron chi connectivity index (χ0n) is 18.7. The number of carboxylic acids is 1. The third-order valence-corrected chi connectivity index (χ3v) is 5.68. The minimum atomic E-state index is -5.08. The van der Waals surface area contributed by atoms with Crippen LogP contribution in [0.2, 0.25) is 0 Å². The van der Waals surface area contributed by atoms with Gasteiger partial charge < -0.3 is 10.0 Å². The van der Waals surface area contributed by atoms with Crippen molar-refractivity contribution < 1.29 is 27.9 Å². The third-order valence-electron chi connectivity index (χ3n) is 5.68. The Balaban J connectivity index is 0.000000364. The summed E-state index contributed by atoms with van der Waals surface area (Å²) in [6.07, 6.45) is -2.56. The highest BCUT2D eigenvalue weighted by Crippen LogP contribution is 2.32. The van der Waals surface area contributed by atoms with Crippen molar-refractivity contribution in [2.45, 2.75) is 19.1 Å². The molecule has 0 bridgehead atoms. The number of fused-ring (bicyclic) bond motifs is 2. The molecule has 0 aliphatic carbocycles. The molecule has 35 heavy (non-hydrogen) atoms. The van der Waals surface area contributed by atoms with Crippen molar-refractivity contribution in [1.29, 1.82) is 0 Å². The molecule has 2 aromatic heterocycles. The van der Waals surface area contributed by atoms with Gasteiger partial charge in [-0.15, -0.1) is 0 Å². The summed E-state index contributed by atoms with van der Waals surface area (Å²) in [4.78, 5) is 28.5. The molecule has 2 aromatic carbocycles. The molecule has 0 atom stereocenters. The van der Waals surface area contributed by atoms with Gasteiger partial charge >= 0.3 is 12.1 Å². The molecule has 1 amide bonds. The Morgan fingerprint density at radius 3 is 2.43 bits per heavy atom. The highest BCUT2D eigenvalue weighted by Gasteiger charge is 2.38. The predicted octanol–water partition coefficient (Wildman–Crippen LogP) is 4.47. The first kappa shape index (κ1) is 23.9. The zero-order chi connectivity index (χ0) is 25.2. The lowest BCUT2D eigenvalue weighted by Crippen LogP contribution is -2.26. The molecule has 0 saturated heterocycles. The van der Waals surface area contributed by atoms with Crippen molar-refractivity contribution in [1.82, 2.24) is 19.7 Å². The molecule has 10 heteroatoms. The van der Waals surface area contributed by atoms with Crippen LogP contribution in [0.5, 0.6) is 0 Å². The number of aromatic nitrogens is 3. The largest absolute Gasteiger partial charge is 0.490 e. The number of carboxylic acid groups (broad SMARTS) is 1. The Morgan fingerprint density at radius 1 is 1.03 bits per heavy atom. The van der Waals surface area contributed by atoms with Crippen LogP contribution in [-0.4, -0.2) is 49.4 Å². The number of hydrogen-bond acceptors (Lipinski definition) is 4. The Labute approximate surface area is 198 Å². The lowest BCUT2D eigenvalue weighted by atomic mass is 10.0. The van der Waals surface area contributed by atoms with Gasteiger partial charge in [0.15, 0.2) is 0 Å². The van der Waals surface area contributed by atoms with Crippen molar-refractivity contribution in [2.75, 3.05) is 6.54 Å². The molecule has 0 fully saturated rings. The van der Waals surface area contributed by atoms with Crippen LogP contribution in [0.15, 0.2) is 66.9 Å². The summed E-state index contributed by atoms with van der Waals surface area (Å²) < 4.78 is 33.6. The maximum absolute atomic E-state index is 12.9. The number of amides is 1. The number of carbonyl (C=O) groups is 2. The van der Waals surface area contributed by atoms with E-state index < -0.39 is 12.1 Å². The van der Waals surface area contributed by atoms with Crippen LogP contribution in [-0.2, 0) is 24.8 Å². The molecule has 3 heterocycles. The van der Waals surface area contributed by atoms with Crippen molar-refractivity contribution in [3.8, 4) is 11.3 Å². The summed E-state index contributed by atoms with van der Waals surface area (Å²) >= 11 is 0. The second kappa shape index (κ2) is 9.57. The number of halogens is 3. The second-order valence-electron chi connectivity index (χ2n) is 7.95. The van der Waals surface area contributed by atoms with E-state index in [0.717, 1.165) is 45.4 Å². The minimum absolute atomic E-state index is 0.0970. The normalized spacial score (nSPS) is 12.9. The average molecular weight is 482 g/mol. The molecule has 1 N–H and O–H groups in total. The summed E-state index contributed by atoms with van der Waals surface area (Å²) in [5.74, 6) is -2.66. The maximum Gasteiger partial charge on any atom is 0.490 e. The molecule has 4 aromatic rings. The van der Waals surface area contributed by atoms with Gasteiger partial charge in [0.2, 0.25) is 0 Å². The van der Waals surface area contributed by atoms with Crippen LogP contribution in [0, 0.1) is 0 Å². The van der Waals surface area contributed by atoms with E-state index in [4.69, 9.17) is 14.9 Å². The van der Waals surface area contributed by atoms with E-state index in [0.29, 0.717) is 13.1 Å². The molecule has 0 unspecified atom stereocenters. The van der Waals surface area contributed by atoms with Gasteiger partial charge in [-0.2, -0.15) is 18.3 Å². The predicted molar refractivity (Wildman–Crippen MR) is 123 cm³/mol. The van der Waals surface area contributed by atoms with Gasteiger partial charge in [0, 0.05) is 55.0 Å². The first-order valence-corrected chi connectivity index (χ1v) is 10.7. The number of alkyl halides is 3. The topological polar surface area (TPSA) is 88.3 Å². The lowest BCUT2D eigenvalue weighted by molar-refractivity contribution is -0.192. The molecule has 1 aliphatic rings. The fraction of sp³-hybridized carbons (Fsp3) is 0.200. The fourth-order valence-corrected chi connectivity index (χ4v) is 3.95. The summed E-state index contributed by atoms with van der Waals surface area (Å²) in [5.41, 5.74) is 6.00. The molecule has 0 radical (unpaired) electrons. The standard InChI is InChI=1S/C23H20N4O.C2HF3O2/c1-26-22(11-13-24-26)18-6-4-7-19-20(18)15-27(23(19)28)14-12-17-10-9-16-5-2-3-8-21(16)25-17;3-2(4,5)1(6)7/h2-11,13H,12,14-15H2,1H3;(H,6,7). The number of pyridine rings is 1. The minimum Gasteiger partial charge on any atom is -0.475 e. The van der Waals surface area contributed by atoms with Gasteiger partial charge in [0.25, 0.3) is 5.91 Å². The Bertz CT molecular complexity index is 1400. The Hall–Kier alpha value is -4.21. The number of rotatable bonds is 4. The molecule has 1 aliphatic heterocycles. The molecular weight excluding hydrogens is 461 g/mol. The summed E-state index contributed by atoms with van der Waals surface area (Å²) in [6.45, 7) is 1.28. The summed E-state index contributed by atoms with van der Waals surface area (Å²) in [5, 5.41) is 12.5. The van der Waals surface area contributed by atoms with Gasteiger partial charge in [-0.25, -0.2) is 4.79 Å². The molecular formula is C25H21F3N4O3. The van der Waals surface area contributed by atoms with E-state index >= 15 is 0 Å². The lowest BCUT2D eigenvalue weighted by Gasteiger charge is -2.15. The summed E-state index contributed by atoms with van der Waals surface area (Å²) in [7, 11) is 1.93. The van der Waals surface area contributed by atoms with Crippen LogP contribution < -0.4 is 0 Å². The number of para-hydroxylation sites is 1. The van der Waals surface area contributed by atoms with Crippen molar-refractivity contribution in [3.05, 3.63) is 83.7 Å². The van der Waals surface area contributed by atoms with Crippen LogP contribution in [0.3, 0.4) is 0 Å². The van der Waals surface area contributed by atoms with E-state index in [2.05, 4.69) is 29.4 Å². The van der Waals surface area contributed by atoms with Gasteiger partial charge in [0.05, 0.1) is 11.2 Å². The molecule has 5 rings (SSSR count). The highest BCUT2D eigenvalue weighted by atomic mass is 19.4. The SMILES string of the molecule is Cn1nccc1-c1cccc2c1CN(CCc1ccc3ccccc3n1)C2=O.O=C(O)C(F)(F)F. The average Bonchev–Trinajstić information content (AvgIpc) is 3.40.